The maximum absolute atomic E-state index is 12.3. The molecule has 0 aliphatic heterocycles. The number of carbonyl (C=O) groups is 1. The second-order valence-corrected chi connectivity index (χ2v) is 8.41. The van der Waals surface area contributed by atoms with Crippen molar-refractivity contribution in [3.8, 4) is 0 Å². The van der Waals surface area contributed by atoms with Gasteiger partial charge in [-0.2, -0.15) is 0 Å². The van der Waals surface area contributed by atoms with E-state index < -0.39 is 0 Å². The van der Waals surface area contributed by atoms with Crippen LogP contribution in [-0.4, -0.2) is 20.9 Å². The van der Waals surface area contributed by atoms with E-state index in [1.165, 1.54) is 16.8 Å². The van der Waals surface area contributed by atoms with Gasteiger partial charge in [0.15, 0.2) is 0 Å². The SMILES string of the molecule is Cc1ccnc(Nc2cc(Nc3ccc(NC(=O)CCc4sccc4C)cc3)ncn2)c1. The lowest BCUT2D eigenvalue weighted by Gasteiger charge is -2.10. The van der Waals surface area contributed by atoms with E-state index in [0.717, 1.165) is 29.2 Å². The molecule has 0 aliphatic carbocycles. The van der Waals surface area contributed by atoms with E-state index in [1.54, 1.807) is 17.5 Å². The van der Waals surface area contributed by atoms with Crippen LogP contribution in [0.1, 0.15) is 22.4 Å². The minimum Gasteiger partial charge on any atom is -0.340 e. The van der Waals surface area contributed by atoms with Gasteiger partial charge in [-0.1, -0.05) is 0 Å². The molecule has 0 bridgehead atoms. The molecule has 0 aliphatic rings. The van der Waals surface area contributed by atoms with Gasteiger partial charge in [0.25, 0.3) is 0 Å². The number of thiophene rings is 1. The molecule has 0 spiro atoms. The van der Waals surface area contributed by atoms with E-state index in [0.29, 0.717) is 18.1 Å². The monoisotopic (exact) mass is 444 g/mol. The summed E-state index contributed by atoms with van der Waals surface area (Å²) in [7, 11) is 0. The molecule has 7 nitrogen and oxygen atoms in total. The first kappa shape index (κ1) is 21.5. The third-order valence-corrected chi connectivity index (χ3v) is 5.91. The van der Waals surface area contributed by atoms with Crippen molar-refractivity contribution in [2.24, 2.45) is 0 Å². The van der Waals surface area contributed by atoms with Crippen LogP contribution in [0.4, 0.5) is 28.8 Å². The largest absolute Gasteiger partial charge is 0.340 e. The highest BCUT2D eigenvalue weighted by Crippen LogP contribution is 2.21. The summed E-state index contributed by atoms with van der Waals surface area (Å²) in [5.74, 6) is 2.03. The zero-order valence-corrected chi connectivity index (χ0v) is 18.7. The number of rotatable bonds is 8. The van der Waals surface area contributed by atoms with Crippen LogP contribution in [0.3, 0.4) is 0 Å². The van der Waals surface area contributed by atoms with Gasteiger partial charge in [-0.15, -0.1) is 11.3 Å². The number of hydrogen-bond donors (Lipinski definition) is 3. The van der Waals surface area contributed by atoms with Crippen molar-refractivity contribution < 1.29 is 4.79 Å². The second-order valence-electron chi connectivity index (χ2n) is 7.41. The molecule has 3 heterocycles. The number of anilines is 5. The van der Waals surface area contributed by atoms with Crippen molar-refractivity contribution in [3.05, 3.63) is 82.4 Å². The van der Waals surface area contributed by atoms with Gasteiger partial charge in [-0.3, -0.25) is 4.79 Å². The van der Waals surface area contributed by atoms with Gasteiger partial charge in [0.2, 0.25) is 5.91 Å². The molecule has 0 atom stereocenters. The summed E-state index contributed by atoms with van der Waals surface area (Å²) in [6.07, 6.45) is 4.47. The minimum absolute atomic E-state index is 0.00906. The lowest BCUT2D eigenvalue weighted by Crippen LogP contribution is -2.12. The Labute approximate surface area is 191 Å². The van der Waals surface area contributed by atoms with Crippen molar-refractivity contribution >= 4 is 46.1 Å². The fourth-order valence-corrected chi connectivity index (χ4v) is 4.04. The quantitative estimate of drug-likeness (QED) is 0.327. The van der Waals surface area contributed by atoms with Crippen molar-refractivity contribution in [3.63, 3.8) is 0 Å². The van der Waals surface area contributed by atoms with Crippen LogP contribution < -0.4 is 16.0 Å². The molecule has 8 heteroatoms. The first-order valence-corrected chi connectivity index (χ1v) is 11.1. The molecular formula is C24H24N6OS. The predicted molar refractivity (Wildman–Crippen MR) is 130 cm³/mol. The number of nitrogens with zero attached hydrogens (tertiary/aromatic N) is 3. The number of aromatic nitrogens is 3. The van der Waals surface area contributed by atoms with E-state index >= 15 is 0 Å². The minimum atomic E-state index is 0.00906. The number of nitrogens with one attached hydrogen (secondary N) is 3. The van der Waals surface area contributed by atoms with Gasteiger partial charge in [0.05, 0.1) is 0 Å². The molecule has 1 aromatic carbocycles. The zero-order valence-electron chi connectivity index (χ0n) is 17.9. The average Bonchev–Trinajstić information content (AvgIpc) is 3.19. The molecule has 0 unspecified atom stereocenters. The zero-order chi connectivity index (χ0) is 22.3. The molecule has 32 heavy (non-hydrogen) atoms. The molecule has 4 rings (SSSR count). The lowest BCUT2D eigenvalue weighted by atomic mass is 10.2. The first-order valence-electron chi connectivity index (χ1n) is 10.3. The van der Waals surface area contributed by atoms with Gasteiger partial charge in [0, 0.05) is 34.9 Å². The summed E-state index contributed by atoms with van der Waals surface area (Å²) in [5, 5.41) is 11.4. The summed E-state index contributed by atoms with van der Waals surface area (Å²) < 4.78 is 0. The number of aryl methyl sites for hydroxylation is 3. The van der Waals surface area contributed by atoms with Crippen molar-refractivity contribution in [1.29, 1.82) is 0 Å². The molecule has 0 radical (unpaired) electrons. The fraction of sp³-hybridized carbons (Fsp3) is 0.167. The lowest BCUT2D eigenvalue weighted by molar-refractivity contribution is -0.116. The maximum Gasteiger partial charge on any atom is 0.224 e. The fourth-order valence-electron chi connectivity index (χ4n) is 3.13. The number of carbonyl (C=O) groups excluding carboxylic acids is 1. The number of benzene rings is 1. The Morgan fingerprint density at radius 1 is 0.875 bits per heavy atom. The van der Waals surface area contributed by atoms with Gasteiger partial charge in [0.1, 0.15) is 23.8 Å². The molecule has 162 valence electrons. The van der Waals surface area contributed by atoms with Crippen LogP contribution in [-0.2, 0) is 11.2 Å². The molecule has 0 saturated carbocycles. The number of hydrogen-bond acceptors (Lipinski definition) is 7. The summed E-state index contributed by atoms with van der Waals surface area (Å²) >= 11 is 1.70. The second kappa shape index (κ2) is 10.0. The van der Waals surface area contributed by atoms with Crippen molar-refractivity contribution in [2.75, 3.05) is 16.0 Å². The third-order valence-electron chi connectivity index (χ3n) is 4.83. The van der Waals surface area contributed by atoms with Crippen LogP contribution in [0.25, 0.3) is 0 Å². The molecule has 3 aromatic heterocycles. The number of pyridine rings is 1. The van der Waals surface area contributed by atoms with Crippen LogP contribution in [0, 0.1) is 13.8 Å². The molecule has 0 fully saturated rings. The van der Waals surface area contributed by atoms with Crippen LogP contribution >= 0.6 is 11.3 Å². The molecule has 1 amide bonds. The third kappa shape index (κ3) is 5.89. The van der Waals surface area contributed by atoms with Gasteiger partial charge >= 0.3 is 0 Å². The number of amides is 1. The van der Waals surface area contributed by atoms with Crippen LogP contribution in [0.5, 0.6) is 0 Å². The molecule has 4 aromatic rings. The highest BCUT2D eigenvalue weighted by Gasteiger charge is 2.07. The Morgan fingerprint density at radius 2 is 1.59 bits per heavy atom. The highest BCUT2D eigenvalue weighted by molar-refractivity contribution is 7.10. The van der Waals surface area contributed by atoms with Crippen LogP contribution in [0.2, 0.25) is 0 Å². The van der Waals surface area contributed by atoms with E-state index in [4.69, 9.17) is 0 Å². The van der Waals surface area contributed by atoms with Crippen molar-refractivity contribution in [1.82, 2.24) is 15.0 Å². The normalized spacial score (nSPS) is 10.6. The molecule has 0 saturated heterocycles. The molecular weight excluding hydrogens is 420 g/mol. The van der Waals surface area contributed by atoms with Crippen molar-refractivity contribution in [2.45, 2.75) is 26.7 Å². The summed E-state index contributed by atoms with van der Waals surface area (Å²) in [4.78, 5) is 26.3. The Balaban J connectivity index is 1.32. The smallest absolute Gasteiger partial charge is 0.224 e. The Morgan fingerprint density at radius 3 is 2.31 bits per heavy atom. The molecule has 3 N–H and O–H groups in total. The standard InChI is InChI=1S/C24H24N6OS/c1-16-9-11-25-21(13-16)30-23-14-22(26-15-27-23)28-18-3-5-19(6-4-18)29-24(31)8-7-20-17(2)10-12-32-20/h3-6,9-15H,7-8H2,1-2H3,(H,29,31)(H2,25,26,27,28,30). The van der Waals surface area contributed by atoms with Gasteiger partial charge < -0.3 is 16.0 Å². The Kier molecular flexibility index (Phi) is 6.72. The average molecular weight is 445 g/mol. The predicted octanol–water partition coefficient (Wildman–Crippen LogP) is 5.61. The Hall–Kier alpha value is -3.78. The van der Waals surface area contributed by atoms with E-state index in [-0.39, 0.29) is 5.91 Å². The topological polar surface area (TPSA) is 91.8 Å². The van der Waals surface area contributed by atoms with E-state index in [9.17, 15) is 4.79 Å². The summed E-state index contributed by atoms with van der Waals surface area (Å²) in [5.41, 5.74) is 3.98. The van der Waals surface area contributed by atoms with Gasteiger partial charge in [-0.25, -0.2) is 15.0 Å². The van der Waals surface area contributed by atoms with E-state index in [1.807, 2.05) is 49.4 Å². The Bertz CT molecular complexity index is 1210. The summed E-state index contributed by atoms with van der Waals surface area (Å²) in [6.45, 7) is 4.09. The van der Waals surface area contributed by atoms with E-state index in [2.05, 4.69) is 49.3 Å². The summed E-state index contributed by atoms with van der Waals surface area (Å²) in [6, 6.07) is 15.3. The first-order chi connectivity index (χ1) is 15.5. The highest BCUT2D eigenvalue weighted by atomic mass is 32.1. The van der Waals surface area contributed by atoms with Crippen LogP contribution in [0.15, 0.2) is 66.4 Å². The van der Waals surface area contributed by atoms with Gasteiger partial charge in [-0.05, 0) is 79.2 Å². The maximum atomic E-state index is 12.3.